The van der Waals surface area contributed by atoms with E-state index < -0.39 is 28.5 Å². The summed E-state index contributed by atoms with van der Waals surface area (Å²) < 4.78 is 28.6. The molecule has 3 aromatic carbocycles. The summed E-state index contributed by atoms with van der Waals surface area (Å²) in [6.45, 7) is 5.76. The van der Waals surface area contributed by atoms with Crippen LogP contribution in [-0.2, 0) is 26.2 Å². The van der Waals surface area contributed by atoms with Crippen molar-refractivity contribution in [2.45, 2.75) is 44.7 Å². The van der Waals surface area contributed by atoms with Crippen LogP contribution < -0.4 is 9.62 Å². The van der Waals surface area contributed by atoms with Gasteiger partial charge in [0.15, 0.2) is 0 Å². The summed E-state index contributed by atoms with van der Waals surface area (Å²) in [6.07, 6.45) is 0.334. The number of rotatable bonds is 12. The number of halogens is 2. The van der Waals surface area contributed by atoms with Crippen molar-refractivity contribution in [2.24, 2.45) is 5.92 Å². The zero-order valence-electron chi connectivity index (χ0n) is 22.2. The average Bonchev–Trinajstić information content (AvgIpc) is 2.92. The van der Waals surface area contributed by atoms with Gasteiger partial charge in [-0.2, -0.15) is 0 Å². The Morgan fingerprint density at radius 2 is 1.51 bits per heavy atom. The van der Waals surface area contributed by atoms with Crippen molar-refractivity contribution in [1.82, 2.24) is 10.2 Å². The highest BCUT2D eigenvalue weighted by atomic mass is 35.5. The van der Waals surface area contributed by atoms with Gasteiger partial charge in [-0.15, -0.1) is 0 Å². The lowest BCUT2D eigenvalue weighted by atomic mass is 10.1. The molecule has 1 N–H and O–H groups in total. The zero-order chi connectivity index (χ0) is 28.6. The van der Waals surface area contributed by atoms with E-state index in [1.807, 2.05) is 20.8 Å². The first-order valence-corrected chi connectivity index (χ1v) is 14.9. The molecule has 1 atom stereocenters. The molecular weight excluding hydrogens is 557 g/mol. The Balaban J connectivity index is 2.04. The van der Waals surface area contributed by atoms with E-state index in [-0.39, 0.29) is 34.0 Å². The first-order chi connectivity index (χ1) is 18.5. The molecule has 3 aromatic rings. The third kappa shape index (κ3) is 7.97. The minimum atomic E-state index is -4.17. The number of carbonyl (C=O) groups is 2. The predicted octanol–water partition coefficient (Wildman–Crippen LogP) is 5.77. The fourth-order valence-corrected chi connectivity index (χ4v) is 5.88. The summed E-state index contributed by atoms with van der Waals surface area (Å²) in [7, 11) is -4.17. The molecule has 3 rings (SSSR count). The Hall–Kier alpha value is -3.07. The average molecular weight is 591 g/mol. The number of nitrogens with zero attached hydrogens (tertiary/aromatic N) is 2. The van der Waals surface area contributed by atoms with Gasteiger partial charge in [-0.3, -0.25) is 13.9 Å². The monoisotopic (exact) mass is 589 g/mol. The highest BCUT2D eigenvalue weighted by molar-refractivity contribution is 7.92. The van der Waals surface area contributed by atoms with E-state index in [2.05, 4.69) is 5.32 Å². The second kappa shape index (κ2) is 13.8. The molecule has 10 heteroatoms. The summed E-state index contributed by atoms with van der Waals surface area (Å²) in [5.41, 5.74) is 0.915. The van der Waals surface area contributed by atoms with Crippen LogP contribution in [0.25, 0.3) is 0 Å². The van der Waals surface area contributed by atoms with Crippen molar-refractivity contribution in [3.8, 4) is 0 Å². The molecule has 0 heterocycles. The molecule has 2 amide bonds. The third-order valence-corrected chi connectivity index (χ3v) is 8.41. The van der Waals surface area contributed by atoms with Gasteiger partial charge in [-0.05, 0) is 54.3 Å². The Morgan fingerprint density at radius 3 is 2.10 bits per heavy atom. The Kier molecular flexibility index (Phi) is 10.8. The minimum absolute atomic E-state index is 0.0173. The van der Waals surface area contributed by atoms with Crippen molar-refractivity contribution >= 4 is 50.7 Å². The van der Waals surface area contributed by atoms with Crippen molar-refractivity contribution in [3.63, 3.8) is 0 Å². The van der Waals surface area contributed by atoms with Crippen LogP contribution in [0.15, 0.2) is 83.8 Å². The Morgan fingerprint density at radius 1 is 0.897 bits per heavy atom. The molecule has 1 unspecified atom stereocenters. The van der Waals surface area contributed by atoms with Gasteiger partial charge in [0.25, 0.3) is 10.0 Å². The maximum absolute atomic E-state index is 14.0. The van der Waals surface area contributed by atoms with E-state index in [4.69, 9.17) is 23.2 Å². The fraction of sp³-hybridized carbons (Fsp3) is 0.310. The van der Waals surface area contributed by atoms with Gasteiger partial charge in [-0.25, -0.2) is 8.42 Å². The van der Waals surface area contributed by atoms with Gasteiger partial charge in [0.2, 0.25) is 11.8 Å². The number of amides is 2. The van der Waals surface area contributed by atoms with Crippen LogP contribution in [0.3, 0.4) is 0 Å². The molecular formula is C29H33Cl2N3O4S. The zero-order valence-corrected chi connectivity index (χ0v) is 24.5. The van der Waals surface area contributed by atoms with E-state index in [0.29, 0.717) is 18.0 Å². The topological polar surface area (TPSA) is 86.8 Å². The van der Waals surface area contributed by atoms with Crippen molar-refractivity contribution in [2.75, 3.05) is 17.4 Å². The first kappa shape index (κ1) is 30.5. The van der Waals surface area contributed by atoms with E-state index in [9.17, 15) is 18.0 Å². The molecule has 0 radical (unpaired) electrons. The second-order valence-corrected chi connectivity index (χ2v) is 12.2. The molecule has 7 nitrogen and oxygen atoms in total. The lowest BCUT2D eigenvalue weighted by Crippen LogP contribution is -2.52. The maximum atomic E-state index is 14.0. The molecule has 0 aliphatic heterocycles. The van der Waals surface area contributed by atoms with Gasteiger partial charge in [-0.1, -0.05) is 86.4 Å². The predicted molar refractivity (Wildman–Crippen MR) is 156 cm³/mol. The molecule has 0 spiro atoms. The lowest BCUT2D eigenvalue weighted by Gasteiger charge is -2.33. The smallest absolute Gasteiger partial charge is 0.264 e. The third-order valence-electron chi connectivity index (χ3n) is 6.07. The van der Waals surface area contributed by atoms with Gasteiger partial charge < -0.3 is 10.2 Å². The van der Waals surface area contributed by atoms with Crippen LogP contribution in [0.1, 0.15) is 32.8 Å². The number of hydrogen-bond acceptors (Lipinski definition) is 4. The molecule has 0 saturated carbocycles. The van der Waals surface area contributed by atoms with Gasteiger partial charge >= 0.3 is 0 Å². The number of para-hydroxylation sites is 1. The van der Waals surface area contributed by atoms with Gasteiger partial charge in [0.05, 0.1) is 15.6 Å². The van der Waals surface area contributed by atoms with Crippen LogP contribution in [-0.4, -0.2) is 44.3 Å². The summed E-state index contributed by atoms with van der Waals surface area (Å²) >= 11 is 12.5. The van der Waals surface area contributed by atoms with E-state index in [0.717, 1.165) is 9.87 Å². The quantitative estimate of drug-likeness (QED) is 0.290. The Bertz CT molecular complexity index is 1370. The van der Waals surface area contributed by atoms with Gasteiger partial charge in [0.1, 0.15) is 12.6 Å². The van der Waals surface area contributed by atoms with E-state index >= 15 is 0 Å². The molecule has 0 fully saturated rings. The van der Waals surface area contributed by atoms with Crippen LogP contribution in [0.5, 0.6) is 0 Å². The van der Waals surface area contributed by atoms with Gasteiger partial charge in [0, 0.05) is 18.1 Å². The number of anilines is 1. The summed E-state index contributed by atoms with van der Waals surface area (Å²) in [5.74, 6) is -0.627. The summed E-state index contributed by atoms with van der Waals surface area (Å²) in [5, 5.41) is 3.62. The molecule has 0 aliphatic carbocycles. The highest BCUT2D eigenvalue weighted by Crippen LogP contribution is 2.30. The number of sulfonamides is 1. The number of benzene rings is 3. The summed E-state index contributed by atoms with van der Waals surface area (Å²) in [4.78, 5) is 28.7. The van der Waals surface area contributed by atoms with E-state index in [1.54, 1.807) is 66.7 Å². The standard InChI is InChI=1S/C29H33Cl2N3O4S/c1-4-26(29(36)32-18-21(2)3)33(19-22-14-16-23(30)17-15-22)28(35)20-34(27-13-9-8-12-25(27)31)39(37,38)24-10-6-5-7-11-24/h5-17,21,26H,4,18-20H2,1-3H3,(H,32,36). The minimum Gasteiger partial charge on any atom is -0.354 e. The van der Waals surface area contributed by atoms with Crippen LogP contribution in [0.2, 0.25) is 10.0 Å². The largest absolute Gasteiger partial charge is 0.354 e. The SMILES string of the molecule is CCC(C(=O)NCC(C)C)N(Cc1ccc(Cl)cc1)C(=O)CN(c1ccccc1Cl)S(=O)(=O)c1ccccc1. The normalized spacial score (nSPS) is 12.2. The Labute approximate surface area is 240 Å². The molecule has 0 aliphatic rings. The van der Waals surface area contributed by atoms with Crippen molar-refractivity contribution in [3.05, 3.63) is 94.5 Å². The first-order valence-electron chi connectivity index (χ1n) is 12.7. The molecule has 0 bridgehead atoms. The van der Waals surface area contributed by atoms with Crippen molar-refractivity contribution in [1.29, 1.82) is 0 Å². The maximum Gasteiger partial charge on any atom is 0.264 e. The molecule has 39 heavy (non-hydrogen) atoms. The number of nitrogens with one attached hydrogen (secondary N) is 1. The number of carbonyl (C=O) groups excluding carboxylic acids is 2. The lowest BCUT2D eigenvalue weighted by molar-refractivity contribution is -0.140. The molecule has 0 aromatic heterocycles. The molecule has 0 saturated heterocycles. The van der Waals surface area contributed by atoms with Crippen LogP contribution in [0.4, 0.5) is 5.69 Å². The highest BCUT2D eigenvalue weighted by Gasteiger charge is 2.34. The second-order valence-electron chi connectivity index (χ2n) is 9.49. The van der Waals surface area contributed by atoms with Crippen LogP contribution in [0, 0.1) is 5.92 Å². The van der Waals surface area contributed by atoms with Crippen molar-refractivity contribution < 1.29 is 18.0 Å². The van der Waals surface area contributed by atoms with Crippen LogP contribution >= 0.6 is 23.2 Å². The fourth-order valence-electron chi connectivity index (χ4n) is 4.02. The summed E-state index contributed by atoms with van der Waals surface area (Å²) in [6, 6.07) is 20.4. The molecule has 208 valence electrons. The number of hydrogen-bond donors (Lipinski definition) is 1. The van der Waals surface area contributed by atoms with E-state index in [1.165, 1.54) is 17.0 Å².